The maximum absolute atomic E-state index is 11.4. The van der Waals surface area contributed by atoms with Gasteiger partial charge in [0.15, 0.2) is 0 Å². The highest BCUT2D eigenvalue weighted by molar-refractivity contribution is 6.35. The molecule has 21 heavy (non-hydrogen) atoms. The molecule has 0 aliphatic rings. The van der Waals surface area contributed by atoms with Crippen molar-refractivity contribution in [1.29, 1.82) is 0 Å². The molecule has 9 heteroatoms. The van der Waals surface area contributed by atoms with E-state index < -0.39 is 21.9 Å². The Morgan fingerprint density at radius 2 is 1.86 bits per heavy atom. The molecule has 1 aromatic carbocycles. The van der Waals surface area contributed by atoms with Gasteiger partial charge in [-0.15, -0.1) is 0 Å². The largest absolute Gasteiger partial charge is 0.357 e. The summed E-state index contributed by atoms with van der Waals surface area (Å²) in [6.07, 6.45) is 2.65. The fourth-order valence-corrected chi connectivity index (χ4v) is 2.08. The number of aromatic amines is 2. The molecule has 108 valence electrons. The van der Waals surface area contributed by atoms with Gasteiger partial charge < -0.3 is 4.98 Å². The monoisotopic (exact) mass is 327 g/mol. The fourth-order valence-electron chi connectivity index (χ4n) is 1.61. The first-order chi connectivity index (χ1) is 9.88. The Hall–Kier alpha value is -2.38. The minimum absolute atomic E-state index is 0.222. The molecule has 0 spiro atoms. The van der Waals surface area contributed by atoms with E-state index in [2.05, 4.69) is 4.98 Å². The lowest BCUT2D eigenvalue weighted by Gasteiger charge is -1.99. The van der Waals surface area contributed by atoms with Gasteiger partial charge in [-0.2, -0.15) is 0 Å². The highest BCUT2D eigenvalue weighted by Crippen LogP contribution is 2.23. The van der Waals surface area contributed by atoms with Gasteiger partial charge in [-0.3, -0.25) is 19.9 Å². The van der Waals surface area contributed by atoms with Crippen LogP contribution in [0, 0.1) is 10.1 Å². The summed E-state index contributed by atoms with van der Waals surface area (Å²) in [5.74, 6) is 0. The predicted molar refractivity (Wildman–Crippen MR) is 79.7 cm³/mol. The summed E-state index contributed by atoms with van der Waals surface area (Å²) >= 11 is 11.7. The third-order valence-corrected chi connectivity index (χ3v) is 3.08. The maximum Gasteiger partial charge on any atom is 0.357 e. The van der Waals surface area contributed by atoms with Crippen LogP contribution in [0.25, 0.3) is 12.2 Å². The fraction of sp³-hybridized carbons (Fsp3) is 0. The van der Waals surface area contributed by atoms with Gasteiger partial charge in [0.05, 0.1) is 4.92 Å². The van der Waals surface area contributed by atoms with E-state index in [4.69, 9.17) is 23.2 Å². The topological polar surface area (TPSA) is 109 Å². The molecule has 0 bridgehead atoms. The van der Waals surface area contributed by atoms with Crippen molar-refractivity contribution in [2.24, 2.45) is 0 Å². The molecule has 2 N–H and O–H groups in total. The molecule has 2 aromatic rings. The zero-order valence-corrected chi connectivity index (χ0v) is 11.7. The first-order valence-corrected chi connectivity index (χ1v) is 6.28. The van der Waals surface area contributed by atoms with Crippen LogP contribution in [0.1, 0.15) is 11.3 Å². The molecule has 0 unspecified atom stereocenters. The first kappa shape index (κ1) is 15.0. The molecule has 0 saturated heterocycles. The normalized spacial score (nSPS) is 11.0. The van der Waals surface area contributed by atoms with Gasteiger partial charge in [-0.1, -0.05) is 35.3 Å². The van der Waals surface area contributed by atoms with E-state index in [0.717, 1.165) is 0 Å². The molecule has 0 amide bonds. The van der Waals surface area contributed by atoms with Gasteiger partial charge in [-0.05, 0) is 23.8 Å². The van der Waals surface area contributed by atoms with E-state index in [9.17, 15) is 19.7 Å². The molecule has 7 nitrogen and oxygen atoms in total. The van der Waals surface area contributed by atoms with E-state index in [1.165, 1.54) is 18.2 Å². The van der Waals surface area contributed by atoms with Crippen molar-refractivity contribution >= 4 is 41.0 Å². The van der Waals surface area contributed by atoms with E-state index in [1.54, 1.807) is 17.1 Å². The number of hydrogen-bond acceptors (Lipinski definition) is 4. The average molecular weight is 328 g/mol. The van der Waals surface area contributed by atoms with Crippen molar-refractivity contribution < 1.29 is 4.92 Å². The van der Waals surface area contributed by atoms with E-state index in [-0.39, 0.29) is 5.69 Å². The standard InChI is InChI=1S/C12H7Cl2N3O4/c13-7-3-1-6(8(14)5-7)2-4-9-10(17(20)21)11(18)16-12(19)15-9/h1-5H,(H2,15,16,18,19)/b4-2-. The molecule has 0 aliphatic heterocycles. The summed E-state index contributed by atoms with van der Waals surface area (Å²) < 4.78 is 0. The Morgan fingerprint density at radius 1 is 1.14 bits per heavy atom. The number of nitrogens with one attached hydrogen (secondary N) is 2. The van der Waals surface area contributed by atoms with Crippen molar-refractivity contribution in [2.75, 3.05) is 0 Å². The number of halogens is 2. The van der Waals surface area contributed by atoms with Gasteiger partial charge in [0, 0.05) is 10.0 Å². The highest BCUT2D eigenvalue weighted by atomic mass is 35.5. The van der Waals surface area contributed by atoms with E-state index >= 15 is 0 Å². The van der Waals surface area contributed by atoms with Gasteiger partial charge in [0.2, 0.25) is 0 Å². The van der Waals surface area contributed by atoms with Crippen LogP contribution in [0.4, 0.5) is 5.69 Å². The minimum atomic E-state index is -1.08. The lowest BCUT2D eigenvalue weighted by molar-refractivity contribution is -0.386. The van der Waals surface area contributed by atoms with Crippen LogP contribution in [0.3, 0.4) is 0 Å². The number of nitro groups is 1. The number of hydrogen-bond donors (Lipinski definition) is 2. The third-order valence-electron chi connectivity index (χ3n) is 2.52. The second kappa shape index (κ2) is 5.94. The van der Waals surface area contributed by atoms with Crippen molar-refractivity contribution in [3.63, 3.8) is 0 Å². The van der Waals surface area contributed by atoms with Gasteiger partial charge in [-0.25, -0.2) is 4.79 Å². The molecule has 0 atom stereocenters. The van der Waals surface area contributed by atoms with Crippen LogP contribution in [0.2, 0.25) is 10.0 Å². The Bertz CT molecular complexity index is 854. The Kier molecular flexibility index (Phi) is 4.25. The Balaban J connectivity index is 2.53. The second-order valence-electron chi connectivity index (χ2n) is 3.93. The van der Waals surface area contributed by atoms with Crippen LogP contribution in [0.5, 0.6) is 0 Å². The summed E-state index contributed by atoms with van der Waals surface area (Å²) in [5.41, 5.74) is -2.37. The number of H-pyrrole nitrogens is 2. The highest BCUT2D eigenvalue weighted by Gasteiger charge is 2.18. The van der Waals surface area contributed by atoms with E-state index in [0.29, 0.717) is 15.6 Å². The van der Waals surface area contributed by atoms with Crippen molar-refractivity contribution in [1.82, 2.24) is 9.97 Å². The molecule has 0 radical (unpaired) electrons. The van der Waals surface area contributed by atoms with Crippen molar-refractivity contribution in [3.8, 4) is 0 Å². The van der Waals surface area contributed by atoms with Crippen LogP contribution >= 0.6 is 23.2 Å². The predicted octanol–water partition coefficient (Wildman–Crippen LogP) is 2.45. The molecule has 1 aromatic heterocycles. The summed E-state index contributed by atoms with van der Waals surface area (Å²) in [7, 11) is 0. The molecule has 0 fully saturated rings. The molecule has 0 aliphatic carbocycles. The zero-order valence-electron chi connectivity index (χ0n) is 10.2. The SMILES string of the molecule is O=c1[nH]c(/C=C\c2ccc(Cl)cc2Cl)c([N+](=O)[O-])c(=O)[nH]1. The summed E-state index contributed by atoms with van der Waals surface area (Å²) in [5, 5.41) is 11.6. The van der Waals surface area contributed by atoms with Gasteiger partial charge in [0.25, 0.3) is 0 Å². The molecule has 0 saturated carbocycles. The van der Waals surface area contributed by atoms with E-state index in [1.807, 2.05) is 0 Å². The molecule has 1 heterocycles. The number of nitrogens with zero attached hydrogens (tertiary/aromatic N) is 1. The Labute approximate surface area is 127 Å². The van der Waals surface area contributed by atoms with Gasteiger partial charge >= 0.3 is 16.9 Å². The average Bonchev–Trinajstić information content (AvgIpc) is 2.36. The molecular weight excluding hydrogens is 321 g/mol. The molecule has 2 rings (SSSR count). The van der Waals surface area contributed by atoms with Crippen molar-refractivity contribution in [3.05, 3.63) is 70.5 Å². The number of benzene rings is 1. The summed E-state index contributed by atoms with van der Waals surface area (Å²) in [4.78, 5) is 36.6. The van der Waals surface area contributed by atoms with Crippen LogP contribution in [-0.2, 0) is 0 Å². The second-order valence-corrected chi connectivity index (χ2v) is 4.77. The quantitative estimate of drug-likeness (QED) is 0.666. The smallest absolute Gasteiger partial charge is 0.301 e. The summed E-state index contributed by atoms with van der Waals surface area (Å²) in [6, 6.07) is 4.68. The van der Waals surface area contributed by atoms with Crippen molar-refractivity contribution in [2.45, 2.75) is 0 Å². The Morgan fingerprint density at radius 3 is 2.48 bits per heavy atom. The first-order valence-electron chi connectivity index (χ1n) is 5.52. The molecular formula is C12H7Cl2N3O4. The van der Waals surface area contributed by atoms with Crippen LogP contribution in [0.15, 0.2) is 27.8 Å². The minimum Gasteiger partial charge on any atom is -0.301 e. The van der Waals surface area contributed by atoms with Gasteiger partial charge in [0.1, 0.15) is 5.69 Å². The maximum atomic E-state index is 11.4. The summed E-state index contributed by atoms with van der Waals surface area (Å²) in [6.45, 7) is 0. The van der Waals surface area contributed by atoms with Crippen LogP contribution < -0.4 is 11.2 Å². The zero-order chi connectivity index (χ0) is 15.6. The number of rotatable bonds is 3. The van der Waals surface area contributed by atoms with Crippen LogP contribution in [-0.4, -0.2) is 14.9 Å². The number of aromatic nitrogens is 2. The lowest BCUT2D eigenvalue weighted by Crippen LogP contribution is -2.25. The lowest BCUT2D eigenvalue weighted by atomic mass is 10.2. The third kappa shape index (κ3) is 3.39.